The van der Waals surface area contributed by atoms with Gasteiger partial charge < -0.3 is 5.11 Å². The fourth-order valence-corrected chi connectivity index (χ4v) is 2.06. The summed E-state index contributed by atoms with van der Waals surface area (Å²) in [7, 11) is 0. The molecule has 1 unspecified atom stereocenters. The molecule has 0 saturated heterocycles. The largest absolute Gasteiger partial charge is 0.478 e. The molecule has 0 saturated carbocycles. The predicted molar refractivity (Wildman–Crippen MR) is 62.7 cm³/mol. The average molecular weight is 224 g/mol. The van der Waals surface area contributed by atoms with Crippen molar-refractivity contribution in [3.8, 4) is 0 Å². The SMILES string of the molecule is CCCC(C)Cn1nc(C)c(C(=O)O)c1C. The van der Waals surface area contributed by atoms with Crippen molar-refractivity contribution in [1.82, 2.24) is 9.78 Å². The minimum atomic E-state index is -0.885. The van der Waals surface area contributed by atoms with E-state index in [1.165, 1.54) is 0 Å². The van der Waals surface area contributed by atoms with E-state index in [0.717, 1.165) is 25.1 Å². The molecule has 4 heteroatoms. The molecule has 4 nitrogen and oxygen atoms in total. The Morgan fingerprint density at radius 3 is 2.56 bits per heavy atom. The zero-order valence-electron chi connectivity index (χ0n) is 10.4. The summed E-state index contributed by atoms with van der Waals surface area (Å²) in [6, 6.07) is 0. The van der Waals surface area contributed by atoms with Crippen molar-refractivity contribution in [2.45, 2.75) is 47.1 Å². The average Bonchev–Trinajstić information content (AvgIpc) is 2.42. The summed E-state index contributed by atoms with van der Waals surface area (Å²) >= 11 is 0. The zero-order valence-corrected chi connectivity index (χ0v) is 10.4. The van der Waals surface area contributed by atoms with E-state index in [1.807, 2.05) is 11.6 Å². The van der Waals surface area contributed by atoms with Crippen LogP contribution in [0.3, 0.4) is 0 Å². The van der Waals surface area contributed by atoms with E-state index in [1.54, 1.807) is 6.92 Å². The van der Waals surface area contributed by atoms with E-state index in [0.29, 0.717) is 17.2 Å². The highest BCUT2D eigenvalue weighted by atomic mass is 16.4. The molecule has 0 aliphatic carbocycles. The van der Waals surface area contributed by atoms with Crippen LogP contribution in [0, 0.1) is 19.8 Å². The fourth-order valence-electron chi connectivity index (χ4n) is 2.06. The molecule has 0 aliphatic heterocycles. The van der Waals surface area contributed by atoms with Gasteiger partial charge in [0.25, 0.3) is 0 Å². The van der Waals surface area contributed by atoms with Crippen LogP contribution in [0.4, 0.5) is 0 Å². The van der Waals surface area contributed by atoms with Gasteiger partial charge in [-0.3, -0.25) is 4.68 Å². The Balaban J connectivity index is 2.90. The van der Waals surface area contributed by atoms with E-state index in [2.05, 4.69) is 18.9 Å². The van der Waals surface area contributed by atoms with Crippen LogP contribution in [-0.4, -0.2) is 20.9 Å². The smallest absolute Gasteiger partial charge is 0.339 e. The summed E-state index contributed by atoms with van der Waals surface area (Å²) in [5.41, 5.74) is 1.71. The van der Waals surface area contributed by atoms with Gasteiger partial charge in [0.2, 0.25) is 0 Å². The number of aromatic nitrogens is 2. The molecule has 1 heterocycles. The molecule has 1 rings (SSSR count). The Labute approximate surface area is 96.3 Å². The molecule has 0 amide bonds. The Morgan fingerprint density at radius 1 is 1.50 bits per heavy atom. The number of hydrogen-bond donors (Lipinski definition) is 1. The molecule has 16 heavy (non-hydrogen) atoms. The van der Waals surface area contributed by atoms with Crippen LogP contribution in [0.5, 0.6) is 0 Å². The van der Waals surface area contributed by atoms with Crippen molar-refractivity contribution in [2.75, 3.05) is 0 Å². The van der Waals surface area contributed by atoms with E-state index in [-0.39, 0.29) is 0 Å². The number of carboxylic acid groups (broad SMARTS) is 1. The second-order valence-electron chi connectivity index (χ2n) is 4.43. The highest BCUT2D eigenvalue weighted by molar-refractivity contribution is 5.90. The fraction of sp³-hybridized carbons (Fsp3) is 0.667. The topological polar surface area (TPSA) is 55.1 Å². The Kier molecular flexibility index (Phi) is 4.10. The van der Waals surface area contributed by atoms with E-state index in [4.69, 9.17) is 5.11 Å². The van der Waals surface area contributed by atoms with Crippen LogP contribution in [0.25, 0.3) is 0 Å². The number of hydrogen-bond acceptors (Lipinski definition) is 2. The van der Waals surface area contributed by atoms with Gasteiger partial charge in [0.05, 0.1) is 11.4 Å². The lowest BCUT2D eigenvalue weighted by Crippen LogP contribution is -2.11. The summed E-state index contributed by atoms with van der Waals surface area (Å²) in [5.74, 6) is -0.353. The molecule has 0 bridgehead atoms. The highest BCUT2D eigenvalue weighted by Crippen LogP contribution is 2.16. The normalized spacial score (nSPS) is 12.8. The third-order valence-electron chi connectivity index (χ3n) is 2.86. The minimum Gasteiger partial charge on any atom is -0.478 e. The summed E-state index contributed by atoms with van der Waals surface area (Å²) in [5, 5.41) is 13.3. The lowest BCUT2D eigenvalue weighted by molar-refractivity contribution is 0.0695. The Bertz CT molecular complexity index is 383. The summed E-state index contributed by atoms with van der Waals surface area (Å²) < 4.78 is 1.82. The molecular weight excluding hydrogens is 204 g/mol. The third-order valence-corrected chi connectivity index (χ3v) is 2.86. The van der Waals surface area contributed by atoms with Crippen LogP contribution in [0.15, 0.2) is 0 Å². The first-order valence-corrected chi connectivity index (χ1v) is 5.74. The quantitative estimate of drug-likeness (QED) is 0.836. The van der Waals surface area contributed by atoms with Crippen molar-refractivity contribution in [3.05, 3.63) is 17.0 Å². The lowest BCUT2D eigenvalue weighted by atomic mass is 10.1. The Morgan fingerprint density at radius 2 is 2.12 bits per heavy atom. The maximum atomic E-state index is 11.0. The summed E-state index contributed by atoms with van der Waals surface area (Å²) in [4.78, 5) is 11.0. The molecule has 0 fully saturated rings. The molecule has 1 atom stereocenters. The van der Waals surface area contributed by atoms with Crippen molar-refractivity contribution in [3.63, 3.8) is 0 Å². The minimum absolute atomic E-state index is 0.351. The van der Waals surface area contributed by atoms with Crippen LogP contribution in [0.1, 0.15) is 48.4 Å². The first-order chi connectivity index (χ1) is 7.47. The first-order valence-electron chi connectivity index (χ1n) is 5.74. The third kappa shape index (κ3) is 2.62. The zero-order chi connectivity index (χ0) is 12.3. The van der Waals surface area contributed by atoms with Crippen molar-refractivity contribution >= 4 is 5.97 Å². The molecule has 1 aromatic heterocycles. The maximum Gasteiger partial charge on any atom is 0.339 e. The molecule has 1 aromatic rings. The van der Waals surface area contributed by atoms with Gasteiger partial charge in [-0.25, -0.2) is 4.79 Å². The lowest BCUT2D eigenvalue weighted by Gasteiger charge is -2.11. The number of aryl methyl sites for hydroxylation is 1. The highest BCUT2D eigenvalue weighted by Gasteiger charge is 2.18. The second-order valence-corrected chi connectivity index (χ2v) is 4.43. The van der Waals surface area contributed by atoms with Crippen molar-refractivity contribution in [2.24, 2.45) is 5.92 Å². The van der Waals surface area contributed by atoms with Gasteiger partial charge in [-0.2, -0.15) is 5.10 Å². The monoisotopic (exact) mass is 224 g/mol. The molecule has 1 N–H and O–H groups in total. The molecule has 0 aliphatic rings. The number of aromatic carboxylic acids is 1. The molecule has 0 radical (unpaired) electrons. The number of carboxylic acids is 1. The van der Waals surface area contributed by atoms with Gasteiger partial charge in [-0.15, -0.1) is 0 Å². The molecule has 0 spiro atoms. The first kappa shape index (κ1) is 12.7. The van der Waals surface area contributed by atoms with Gasteiger partial charge in [-0.1, -0.05) is 20.3 Å². The summed E-state index contributed by atoms with van der Waals surface area (Å²) in [6.07, 6.45) is 2.28. The van der Waals surface area contributed by atoms with Crippen molar-refractivity contribution < 1.29 is 9.90 Å². The van der Waals surface area contributed by atoms with Crippen LogP contribution in [0.2, 0.25) is 0 Å². The van der Waals surface area contributed by atoms with E-state index < -0.39 is 5.97 Å². The van der Waals surface area contributed by atoms with Crippen LogP contribution in [-0.2, 0) is 6.54 Å². The van der Waals surface area contributed by atoms with Crippen LogP contribution >= 0.6 is 0 Å². The maximum absolute atomic E-state index is 11.0. The summed E-state index contributed by atoms with van der Waals surface area (Å²) in [6.45, 7) is 8.69. The predicted octanol–water partition coefficient (Wildman–Crippen LogP) is 2.63. The second kappa shape index (κ2) is 5.14. The van der Waals surface area contributed by atoms with Gasteiger partial charge in [0.15, 0.2) is 0 Å². The van der Waals surface area contributed by atoms with Gasteiger partial charge >= 0.3 is 5.97 Å². The van der Waals surface area contributed by atoms with Crippen LogP contribution < -0.4 is 0 Å². The molecule has 90 valence electrons. The number of nitrogens with zero attached hydrogens (tertiary/aromatic N) is 2. The number of carbonyl (C=O) groups is 1. The van der Waals surface area contributed by atoms with Gasteiger partial charge in [-0.05, 0) is 26.2 Å². The van der Waals surface area contributed by atoms with Gasteiger partial charge in [0, 0.05) is 6.54 Å². The number of rotatable bonds is 5. The van der Waals surface area contributed by atoms with E-state index in [9.17, 15) is 4.79 Å². The van der Waals surface area contributed by atoms with Gasteiger partial charge in [0.1, 0.15) is 5.56 Å². The molecule has 0 aromatic carbocycles. The molecular formula is C12H20N2O2. The standard InChI is InChI=1S/C12H20N2O2/c1-5-6-8(2)7-14-10(4)11(12(15)16)9(3)13-14/h8H,5-7H2,1-4H3,(H,15,16). The Hall–Kier alpha value is -1.32. The van der Waals surface area contributed by atoms with Crippen molar-refractivity contribution in [1.29, 1.82) is 0 Å². The van der Waals surface area contributed by atoms with E-state index >= 15 is 0 Å².